The fraction of sp³-hybridized carbons (Fsp3) is 0.350. The molecular weight excluding hydrogens is 380 g/mol. The Bertz CT molecular complexity index is 967. The number of nitrogens with one attached hydrogen (secondary N) is 1. The van der Waals surface area contributed by atoms with Gasteiger partial charge in [-0.3, -0.25) is 9.69 Å². The molecule has 29 heavy (non-hydrogen) atoms. The van der Waals surface area contributed by atoms with Gasteiger partial charge in [-0.1, -0.05) is 0 Å². The zero-order chi connectivity index (χ0) is 20.2. The molecule has 1 amide bonds. The largest absolute Gasteiger partial charge is 0.459 e. The molecular formula is C20H21F2N5O2. The highest BCUT2D eigenvalue weighted by atomic mass is 19.1. The minimum Gasteiger partial charge on any atom is -0.459 e. The molecule has 1 aliphatic heterocycles. The Morgan fingerprint density at radius 3 is 2.72 bits per heavy atom. The molecule has 0 aliphatic carbocycles. The second kappa shape index (κ2) is 8.52. The Morgan fingerprint density at radius 2 is 1.97 bits per heavy atom. The number of rotatable bonds is 6. The van der Waals surface area contributed by atoms with E-state index >= 15 is 0 Å². The van der Waals surface area contributed by atoms with Crippen molar-refractivity contribution in [1.82, 2.24) is 25.0 Å². The Kier molecular flexibility index (Phi) is 5.66. The standard InChI is InChI=1S/C20H21F2N5O2/c21-15-10-14(11-16(22)12-15)13-26-6-4-19-25-24-18(27(19)8-7-26)3-5-23-20(28)17-2-1-9-29-17/h1-2,9-12H,3-8,13H2,(H,23,28). The molecule has 4 rings (SSSR count). The Labute approximate surface area is 166 Å². The number of furan rings is 1. The first-order valence-electron chi connectivity index (χ1n) is 9.48. The summed E-state index contributed by atoms with van der Waals surface area (Å²) in [7, 11) is 0. The Hall–Kier alpha value is -3.07. The second-order valence-electron chi connectivity index (χ2n) is 6.97. The molecule has 3 heterocycles. The lowest BCUT2D eigenvalue weighted by Crippen LogP contribution is -2.28. The van der Waals surface area contributed by atoms with Crippen molar-refractivity contribution in [2.24, 2.45) is 0 Å². The topological polar surface area (TPSA) is 76.2 Å². The summed E-state index contributed by atoms with van der Waals surface area (Å²) in [4.78, 5) is 14.1. The summed E-state index contributed by atoms with van der Waals surface area (Å²) in [6.07, 6.45) is 2.70. The fourth-order valence-corrected chi connectivity index (χ4v) is 3.51. The van der Waals surface area contributed by atoms with Crippen LogP contribution in [-0.2, 0) is 25.9 Å². The highest BCUT2D eigenvalue weighted by molar-refractivity contribution is 5.91. The summed E-state index contributed by atoms with van der Waals surface area (Å²) in [6.45, 7) is 3.02. The highest BCUT2D eigenvalue weighted by Gasteiger charge is 2.19. The van der Waals surface area contributed by atoms with Crippen molar-refractivity contribution < 1.29 is 18.0 Å². The van der Waals surface area contributed by atoms with Crippen LogP contribution < -0.4 is 5.32 Å². The van der Waals surface area contributed by atoms with Crippen molar-refractivity contribution >= 4 is 5.91 Å². The van der Waals surface area contributed by atoms with Gasteiger partial charge in [-0.2, -0.15) is 0 Å². The van der Waals surface area contributed by atoms with Crippen LogP contribution in [0, 0.1) is 11.6 Å². The lowest BCUT2D eigenvalue weighted by Gasteiger charge is -2.19. The van der Waals surface area contributed by atoms with Crippen LogP contribution in [0.25, 0.3) is 0 Å². The van der Waals surface area contributed by atoms with E-state index in [1.807, 2.05) is 0 Å². The number of hydrogen-bond acceptors (Lipinski definition) is 5. The van der Waals surface area contributed by atoms with Crippen LogP contribution in [0.5, 0.6) is 0 Å². The molecule has 0 spiro atoms. The number of carbonyl (C=O) groups excluding carboxylic acids is 1. The lowest BCUT2D eigenvalue weighted by atomic mass is 10.2. The van der Waals surface area contributed by atoms with Crippen LogP contribution in [-0.4, -0.2) is 45.2 Å². The van der Waals surface area contributed by atoms with Crippen LogP contribution in [0.2, 0.25) is 0 Å². The third-order valence-electron chi connectivity index (χ3n) is 4.90. The van der Waals surface area contributed by atoms with E-state index in [9.17, 15) is 13.6 Å². The smallest absolute Gasteiger partial charge is 0.286 e. The van der Waals surface area contributed by atoms with E-state index in [2.05, 4.69) is 25.0 Å². The molecule has 1 aliphatic rings. The summed E-state index contributed by atoms with van der Waals surface area (Å²) in [5.74, 6) is 0.564. The molecule has 7 nitrogen and oxygen atoms in total. The van der Waals surface area contributed by atoms with Gasteiger partial charge in [0.15, 0.2) is 5.76 Å². The zero-order valence-corrected chi connectivity index (χ0v) is 15.8. The molecule has 0 fully saturated rings. The van der Waals surface area contributed by atoms with Gasteiger partial charge in [-0.15, -0.1) is 10.2 Å². The first-order valence-corrected chi connectivity index (χ1v) is 9.48. The third kappa shape index (κ3) is 4.68. The van der Waals surface area contributed by atoms with E-state index in [0.717, 1.165) is 30.8 Å². The van der Waals surface area contributed by atoms with Gasteiger partial charge in [0.25, 0.3) is 5.91 Å². The van der Waals surface area contributed by atoms with Crippen LogP contribution in [0.4, 0.5) is 8.78 Å². The minimum absolute atomic E-state index is 0.265. The van der Waals surface area contributed by atoms with Gasteiger partial charge in [0, 0.05) is 51.6 Å². The van der Waals surface area contributed by atoms with Gasteiger partial charge in [0.2, 0.25) is 0 Å². The molecule has 1 N–H and O–H groups in total. The van der Waals surface area contributed by atoms with Crippen molar-refractivity contribution in [2.45, 2.75) is 25.9 Å². The molecule has 9 heteroatoms. The van der Waals surface area contributed by atoms with Crippen molar-refractivity contribution in [3.05, 3.63) is 71.2 Å². The van der Waals surface area contributed by atoms with Gasteiger partial charge in [0.1, 0.15) is 23.3 Å². The van der Waals surface area contributed by atoms with E-state index in [-0.39, 0.29) is 11.7 Å². The molecule has 2 aromatic heterocycles. The zero-order valence-electron chi connectivity index (χ0n) is 15.8. The Morgan fingerprint density at radius 1 is 1.14 bits per heavy atom. The summed E-state index contributed by atoms with van der Waals surface area (Å²) in [5, 5.41) is 11.3. The number of aromatic nitrogens is 3. The van der Waals surface area contributed by atoms with Crippen LogP contribution in [0.3, 0.4) is 0 Å². The van der Waals surface area contributed by atoms with Crippen LogP contribution in [0.15, 0.2) is 41.0 Å². The number of nitrogens with zero attached hydrogens (tertiary/aromatic N) is 4. The molecule has 1 aromatic carbocycles. The van der Waals surface area contributed by atoms with Crippen molar-refractivity contribution in [1.29, 1.82) is 0 Å². The van der Waals surface area contributed by atoms with E-state index in [0.29, 0.717) is 38.0 Å². The first kappa shape index (κ1) is 19.3. The van der Waals surface area contributed by atoms with Crippen molar-refractivity contribution in [2.75, 3.05) is 19.6 Å². The molecule has 0 radical (unpaired) electrons. The van der Waals surface area contributed by atoms with Gasteiger partial charge < -0.3 is 14.3 Å². The molecule has 0 saturated carbocycles. The van der Waals surface area contributed by atoms with Crippen molar-refractivity contribution in [3.8, 4) is 0 Å². The quantitative estimate of drug-likeness (QED) is 0.685. The average Bonchev–Trinajstić information content (AvgIpc) is 3.29. The average molecular weight is 401 g/mol. The predicted octanol–water partition coefficient (Wildman–Crippen LogP) is 2.18. The van der Waals surface area contributed by atoms with Crippen molar-refractivity contribution in [3.63, 3.8) is 0 Å². The predicted molar refractivity (Wildman–Crippen MR) is 100 cm³/mol. The van der Waals surface area contributed by atoms with E-state index in [1.165, 1.54) is 18.4 Å². The number of fused-ring (bicyclic) bond motifs is 1. The van der Waals surface area contributed by atoms with Crippen LogP contribution >= 0.6 is 0 Å². The molecule has 0 bridgehead atoms. The monoisotopic (exact) mass is 401 g/mol. The molecule has 0 atom stereocenters. The fourth-order valence-electron chi connectivity index (χ4n) is 3.51. The number of halogens is 2. The summed E-state index contributed by atoms with van der Waals surface area (Å²) < 4.78 is 34.0. The van der Waals surface area contributed by atoms with Gasteiger partial charge in [-0.05, 0) is 29.8 Å². The maximum Gasteiger partial charge on any atom is 0.286 e. The number of amides is 1. The second-order valence-corrected chi connectivity index (χ2v) is 6.97. The highest BCUT2D eigenvalue weighted by Crippen LogP contribution is 2.15. The van der Waals surface area contributed by atoms with E-state index in [4.69, 9.17) is 4.42 Å². The molecule has 152 valence electrons. The van der Waals surface area contributed by atoms with Gasteiger partial charge in [-0.25, -0.2) is 8.78 Å². The maximum atomic E-state index is 13.4. The van der Waals surface area contributed by atoms with Gasteiger partial charge in [0.05, 0.1) is 6.26 Å². The summed E-state index contributed by atoms with van der Waals surface area (Å²) in [6, 6.07) is 6.88. The van der Waals surface area contributed by atoms with Crippen LogP contribution in [0.1, 0.15) is 27.8 Å². The molecule has 0 saturated heterocycles. The summed E-state index contributed by atoms with van der Waals surface area (Å²) in [5.41, 5.74) is 0.612. The summed E-state index contributed by atoms with van der Waals surface area (Å²) >= 11 is 0. The first-order chi connectivity index (χ1) is 14.1. The lowest BCUT2D eigenvalue weighted by molar-refractivity contribution is 0.0926. The SMILES string of the molecule is O=C(NCCc1nnc2n1CCN(Cc1cc(F)cc(F)c1)CC2)c1ccco1. The maximum absolute atomic E-state index is 13.4. The van der Waals surface area contributed by atoms with E-state index < -0.39 is 11.6 Å². The minimum atomic E-state index is -0.564. The molecule has 0 unspecified atom stereocenters. The van der Waals surface area contributed by atoms with Gasteiger partial charge >= 0.3 is 0 Å². The van der Waals surface area contributed by atoms with E-state index in [1.54, 1.807) is 12.1 Å². The third-order valence-corrected chi connectivity index (χ3v) is 4.90. The molecule has 3 aromatic rings. The number of benzene rings is 1. The number of hydrogen-bond donors (Lipinski definition) is 1. The number of carbonyl (C=O) groups is 1. The normalized spacial score (nSPS) is 14.4. The Balaban J connectivity index is 1.33.